The summed E-state index contributed by atoms with van der Waals surface area (Å²) >= 11 is 0. The molecule has 6 heteroatoms. The molecule has 0 bridgehead atoms. The van der Waals surface area contributed by atoms with E-state index in [-0.39, 0.29) is 17.5 Å². The lowest BCUT2D eigenvalue weighted by atomic mass is 10.1. The quantitative estimate of drug-likeness (QED) is 0.880. The van der Waals surface area contributed by atoms with Gasteiger partial charge < -0.3 is 10.3 Å². The second-order valence-electron chi connectivity index (χ2n) is 5.40. The number of aromatic amines is 1. The van der Waals surface area contributed by atoms with Gasteiger partial charge in [-0.15, -0.1) is 0 Å². The van der Waals surface area contributed by atoms with E-state index in [1.165, 1.54) is 0 Å². The van der Waals surface area contributed by atoms with Gasteiger partial charge >= 0.3 is 5.69 Å². The number of hydrogen-bond acceptors (Lipinski definition) is 3. The van der Waals surface area contributed by atoms with Crippen LogP contribution in [0.1, 0.15) is 44.0 Å². The minimum atomic E-state index is -0.461. The Balaban J connectivity index is 2.41. The maximum absolute atomic E-state index is 12.2. The summed E-state index contributed by atoms with van der Waals surface area (Å²) in [5.74, 6) is -0.205. The summed E-state index contributed by atoms with van der Waals surface area (Å²) in [6.45, 7) is 6.05. The SMILES string of the molecule is CCC[C@H](C)NC(=O)c1ccc2c(=O)n(CC)c(=O)[nH]c2c1. The third kappa shape index (κ3) is 3.10. The molecule has 0 unspecified atom stereocenters. The summed E-state index contributed by atoms with van der Waals surface area (Å²) in [5, 5.41) is 3.30. The number of benzene rings is 1. The van der Waals surface area contributed by atoms with Crippen molar-refractivity contribution in [1.82, 2.24) is 14.9 Å². The first-order valence-electron chi connectivity index (χ1n) is 7.55. The predicted molar refractivity (Wildman–Crippen MR) is 86.3 cm³/mol. The van der Waals surface area contributed by atoms with Crippen LogP contribution in [0.3, 0.4) is 0 Å². The minimum absolute atomic E-state index is 0.0836. The summed E-state index contributed by atoms with van der Waals surface area (Å²) in [6, 6.07) is 4.82. The highest BCUT2D eigenvalue weighted by atomic mass is 16.2. The molecule has 0 spiro atoms. The monoisotopic (exact) mass is 303 g/mol. The lowest BCUT2D eigenvalue weighted by Gasteiger charge is -2.13. The summed E-state index contributed by atoms with van der Waals surface area (Å²) in [7, 11) is 0. The number of nitrogens with zero attached hydrogens (tertiary/aromatic N) is 1. The van der Waals surface area contributed by atoms with Gasteiger partial charge in [0, 0.05) is 18.2 Å². The predicted octanol–water partition coefficient (Wildman–Crippen LogP) is 1.63. The van der Waals surface area contributed by atoms with E-state index in [1.54, 1.807) is 25.1 Å². The van der Waals surface area contributed by atoms with Crippen LogP contribution in [0.2, 0.25) is 0 Å². The van der Waals surface area contributed by atoms with Crippen molar-refractivity contribution < 1.29 is 4.79 Å². The zero-order valence-corrected chi connectivity index (χ0v) is 13.1. The molecule has 1 heterocycles. The third-order valence-corrected chi connectivity index (χ3v) is 3.66. The fraction of sp³-hybridized carbons (Fsp3) is 0.438. The molecular formula is C16H21N3O3. The third-order valence-electron chi connectivity index (χ3n) is 3.66. The average Bonchev–Trinajstić information content (AvgIpc) is 2.47. The highest BCUT2D eigenvalue weighted by Gasteiger charge is 2.12. The van der Waals surface area contributed by atoms with Gasteiger partial charge in [-0.1, -0.05) is 13.3 Å². The van der Waals surface area contributed by atoms with E-state index >= 15 is 0 Å². The van der Waals surface area contributed by atoms with E-state index in [1.807, 2.05) is 6.92 Å². The first-order chi connectivity index (χ1) is 10.5. The molecule has 0 aliphatic rings. The highest BCUT2D eigenvalue weighted by molar-refractivity contribution is 5.97. The van der Waals surface area contributed by atoms with E-state index in [4.69, 9.17) is 0 Å². The van der Waals surface area contributed by atoms with E-state index in [2.05, 4.69) is 17.2 Å². The molecule has 1 atom stereocenters. The Labute approximate surface area is 128 Å². The zero-order valence-electron chi connectivity index (χ0n) is 13.1. The number of carbonyl (C=O) groups excluding carboxylic acids is 1. The topological polar surface area (TPSA) is 84.0 Å². The van der Waals surface area contributed by atoms with Crippen LogP contribution in [-0.2, 0) is 6.54 Å². The van der Waals surface area contributed by atoms with Crippen molar-refractivity contribution in [2.75, 3.05) is 0 Å². The summed E-state index contributed by atoms with van der Waals surface area (Å²) < 4.78 is 1.13. The van der Waals surface area contributed by atoms with Crippen LogP contribution in [0, 0.1) is 0 Å². The Morgan fingerprint density at radius 1 is 1.32 bits per heavy atom. The van der Waals surface area contributed by atoms with Gasteiger partial charge in [0.1, 0.15) is 0 Å². The van der Waals surface area contributed by atoms with Crippen molar-refractivity contribution in [3.63, 3.8) is 0 Å². The first kappa shape index (κ1) is 16.0. The molecule has 1 aromatic carbocycles. The molecule has 1 amide bonds. The van der Waals surface area contributed by atoms with Crippen LogP contribution in [0.5, 0.6) is 0 Å². The molecular weight excluding hydrogens is 282 g/mol. The number of rotatable bonds is 5. The van der Waals surface area contributed by atoms with Gasteiger partial charge in [0.15, 0.2) is 0 Å². The fourth-order valence-electron chi connectivity index (χ4n) is 2.50. The van der Waals surface area contributed by atoms with Gasteiger partial charge in [-0.3, -0.25) is 14.2 Å². The Kier molecular flexibility index (Phi) is 4.80. The molecule has 0 aliphatic carbocycles. The number of H-pyrrole nitrogens is 1. The van der Waals surface area contributed by atoms with Gasteiger partial charge in [0.25, 0.3) is 11.5 Å². The van der Waals surface area contributed by atoms with Gasteiger partial charge in [-0.2, -0.15) is 0 Å². The van der Waals surface area contributed by atoms with Crippen molar-refractivity contribution in [1.29, 1.82) is 0 Å². The zero-order chi connectivity index (χ0) is 16.3. The number of aromatic nitrogens is 2. The Hall–Kier alpha value is -2.37. The highest BCUT2D eigenvalue weighted by Crippen LogP contribution is 2.10. The van der Waals surface area contributed by atoms with E-state index in [9.17, 15) is 14.4 Å². The van der Waals surface area contributed by atoms with E-state index in [0.717, 1.165) is 17.4 Å². The molecule has 6 nitrogen and oxygen atoms in total. The molecule has 1 aromatic heterocycles. The molecule has 118 valence electrons. The Morgan fingerprint density at radius 3 is 2.68 bits per heavy atom. The molecule has 2 N–H and O–H groups in total. The first-order valence-corrected chi connectivity index (χ1v) is 7.55. The molecule has 0 fully saturated rings. The molecule has 0 saturated heterocycles. The maximum Gasteiger partial charge on any atom is 0.328 e. The van der Waals surface area contributed by atoms with Crippen LogP contribution >= 0.6 is 0 Å². The lowest BCUT2D eigenvalue weighted by molar-refractivity contribution is 0.0938. The molecule has 22 heavy (non-hydrogen) atoms. The second-order valence-corrected chi connectivity index (χ2v) is 5.40. The molecule has 0 aliphatic heterocycles. The number of nitrogens with one attached hydrogen (secondary N) is 2. The summed E-state index contributed by atoms with van der Waals surface area (Å²) in [6.07, 6.45) is 1.89. The molecule has 0 radical (unpaired) electrons. The lowest BCUT2D eigenvalue weighted by Crippen LogP contribution is -2.35. The Bertz CT molecular complexity index is 804. The minimum Gasteiger partial charge on any atom is -0.350 e. The smallest absolute Gasteiger partial charge is 0.328 e. The van der Waals surface area contributed by atoms with Gasteiger partial charge in [-0.05, 0) is 38.5 Å². The van der Waals surface area contributed by atoms with E-state index < -0.39 is 5.69 Å². The van der Waals surface area contributed by atoms with Crippen molar-refractivity contribution in [2.24, 2.45) is 0 Å². The van der Waals surface area contributed by atoms with Crippen LogP contribution in [0.15, 0.2) is 27.8 Å². The van der Waals surface area contributed by atoms with Crippen LogP contribution in [-0.4, -0.2) is 21.5 Å². The van der Waals surface area contributed by atoms with Crippen LogP contribution in [0.25, 0.3) is 10.9 Å². The van der Waals surface area contributed by atoms with Crippen LogP contribution < -0.4 is 16.6 Å². The summed E-state index contributed by atoms with van der Waals surface area (Å²) in [4.78, 5) is 38.8. The largest absolute Gasteiger partial charge is 0.350 e. The molecule has 0 saturated carbocycles. The standard InChI is InChI=1S/C16H21N3O3/c1-4-6-10(3)17-14(20)11-7-8-12-13(9-11)18-16(22)19(5-2)15(12)21/h7-10H,4-6H2,1-3H3,(H,17,20)(H,18,22)/t10-/m0/s1. The van der Waals surface area contributed by atoms with Crippen molar-refractivity contribution in [3.8, 4) is 0 Å². The normalized spacial score (nSPS) is 12.3. The van der Waals surface area contributed by atoms with Crippen molar-refractivity contribution in [3.05, 3.63) is 44.6 Å². The van der Waals surface area contributed by atoms with Crippen LogP contribution in [0.4, 0.5) is 0 Å². The fourth-order valence-corrected chi connectivity index (χ4v) is 2.50. The van der Waals surface area contributed by atoms with Gasteiger partial charge in [0.05, 0.1) is 10.9 Å². The van der Waals surface area contributed by atoms with E-state index in [0.29, 0.717) is 23.0 Å². The average molecular weight is 303 g/mol. The van der Waals surface area contributed by atoms with Gasteiger partial charge in [0.2, 0.25) is 0 Å². The van der Waals surface area contributed by atoms with Gasteiger partial charge in [-0.25, -0.2) is 4.79 Å². The number of fused-ring (bicyclic) bond motifs is 1. The maximum atomic E-state index is 12.2. The number of amides is 1. The number of hydrogen-bond donors (Lipinski definition) is 2. The molecule has 2 aromatic rings. The van der Waals surface area contributed by atoms with Crippen molar-refractivity contribution >= 4 is 16.8 Å². The van der Waals surface area contributed by atoms with Crippen molar-refractivity contribution in [2.45, 2.75) is 46.2 Å². The molecule has 2 rings (SSSR count). The second kappa shape index (κ2) is 6.60. The summed E-state index contributed by atoms with van der Waals surface area (Å²) in [5.41, 5.74) is 0.0136. The Morgan fingerprint density at radius 2 is 2.05 bits per heavy atom. The number of carbonyl (C=O) groups is 1.